The molecular weight excluding hydrogens is 268 g/mol. The molecule has 2 heterocycles. The van der Waals surface area contributed by atoms with E-state index >= 15 is 0 Å². The number of aryl methyl sites for hydroxylation is 1. The van der Waals surface area contributed by atoms with Crippen LogP contribution in [-0.2, 0) is 0 Å². The van der Waals surface area contributed by atoms with Gasteiger partial charge in [-0.25, -0.2) is 4.98 Å². The molecule has 0 saturated heterocycles. The monoisotopic (exact) mass is 284 g/mol. The number of pyridine rings is 1. The summed E-state index contributed by atoms with van der Waals surface area (Å²) >= 11 is 3.40. The molecule has 1 atom stereocenters. The molecule has 1 unspecified atom stereocenters. The minimum absolute atomic E-state index is 0.503. The first kappa shape index (κ1) is 13.2. The van der Waals surface area contributed by atoms with Crippen LogP contribution in [0.3, 0.4) is 0 Å². The van der Waals surface area contributed by atoms with Gasteiger partial charge >= 0.3 is 0 Å². The van der Waals surface area contributed by atoms with Crippen molar-refractivity contribution < 1.29 is 5.11 Å². The molecule has 16 heavy (non-hydrogen) atoms. The molecule has 0 radical (unpaired) electrons. The first-order chi connectivity index (χ1) is 7.58. The van der Waals surface area contributed by atoms with Gasteiger partial charge < -0.3 is 9.51 Å². The third-order valence-corrected chi connectivity index (χ3v) is 2.55. The number of hydrogen-bond donors (Lipinski definition) is 1. The summed E-state index contributed by atoms with van der Waals surface area (Å²) in [4.78, 5) is 4.36. The Hall–Kier alpha value is -0.870. The van der Waals surface area contributed by atoms with E-state index < -0.39 is 6.10 Å². The van der Waals surface area contributed by atoms with Gasteiger partial charge in [0.15, 0.2) is 0 Å². The first-order valence-corrected chi connectivity index (χ1v) is 6.20. The number of halogens is 1. The highest BCUT2D eigenvalue weighted by Crippen LogP contribution is 2.22. The van der Waals surface area contributed by atoms with E-state index in [0.717, 1.165) is 21.4 Å². The smallest absolute Gasteiger partial charge is 0.142 e. The molecule has 2 aromatic rings. The minimum Gasteiger partial charge on any atom is -0.389 e. The van der Waals surface area contributed by atoms with E-state index in [0.29, 0.717) is 0 Å². The van der Waals surface area contributed by atoms with E-state index in [2.05, 4.69) is 20.9 Å². The van der Waals surface area contributed by atoms with Crippen molar-refractivity contribution in [1.82, 2.24) is 9.38 Å². The average Bonchev–Trinajstić information content (AvgIpc) is 2.59. The molecule has 0 spiro atoms. The van der Waals surface area contributed by atoms with Crippen LogP contribution in [-0.4, -0.2) is 14.5 Å². The second kappa shape index (κ2) is 5.46. The predicted octanol–water partition coefficient (Wildman–Crippen LogP) is 3.48. The summed E-state index contributed by atoms with van der Waals surface area (Å²) in [5.74, 6) is 0. The summed E-state index contributed by atoms with van der Waals surface area (Å²) in [5, 5.41) is 9.58. The lowest BCUT2D eigenvalue weighted by Crippen LogP contribution is -1.96. The summed E-state index contributed by atoms with van der Waals surface area (Å²) in [7, 11) is 0. The van der Waals surface area contributed by atoms with Crippen LogP contribution in [0, 0.1) is 6.92 Å². The molecule has 0 fully saturated rings. The third-order valence-electron chi connectivity index (χ3n) is 2.12. The van der Waals surface area contributed by atoms with Crippen molar-refractivity contribution in [3.8, 4) is 0 Å². The fourth-order valence-electron chi connectivity index (χ4n) is 1.52. The third kappa shape index (κ3) is 2.62. The van der Waals surface area contributed by atoms with Gasteiger partial charge in [0.05, 0.1) is 11.8 Å². The van der Waals surface area contributed by atoms with E-state index in [-0.39, 0.29) is 0 Å². The fourth-order valence-corrected chi connectivity index (χ4v) is 1.99. The molecule has 0 aliphatic rings. The fraction of sp³-hybridized carbons (Fsp3) is 0.417. The summed E-state index contributed by atoms with van der Waals surface area (Å²) in [6.45, 7) is 7.68. The zero-order chi connectivity index (χ0) is 12.3. The maximum Gasteiger partial charge on any atom is 0.142 e. The highest BCUT2D eigenvalue weighted by atomic mass is 79.9. The Morgan fingerprint density at radius 2 is 2.00 bits per heavy atom. The van der Waals surface area contributed by atoms with E-state index in [1.807, 2.05) is 43.6 Å². The van der Waals surface area contributed by atoms with Crippen LogP contribution >= 0.6 is 15.9 Å². The maximum atomic E-state index is 9.58. The molecule has 0 bridgehead atoms. The van der Waals surface area contributed by atoms with Gasteiger partial charge in [-0.2, -0.15) is 0 Å². The van der Waals surface area contributed by atoms with E-state index in [9.17, 15) is 5.11 Å². The number of nitrogens with zero attached hydrogens (tertiary/aromatic N) is 2. The quantitative estimate of drug-likeness (QED) is 0.871. The van der Waals surface area contributed by atoms with Gasteiger partial charge in [-0.3, -0.25) is 0 Å². The van der Waals surface area contributed by atoms with Gasteiger partial charge in [0, 0.05) is 22.4 Å². The molecule has 2 aromatic heterocycles. The molecular formula is C12H17BrN2O. The Labute approximate surface area is 104 Å². The Morgan fingerprint density at radius 3 is 2.56 bits per heavy atom. The second-order valence-electron chi connectivity index (χ2n) is 3.40. The molecule has 3 nitrogen and oxygen atoms in total. The summed E-state index contributed by atoms with van der Waals surface area (Å²) in [6.07, 6.45) is 3.37. The lowest BCUT2D eigenvalue weighted by atomic mass is 10.2. The molecule has 0 aliphatic heterocycles. The number of rotatable bonds is 1. The van der Waals surface area contributed by atoms with Crippen LogP contribution < -0.4 is 0 Å². The number of aliphatic hydroxyl groups excluding tert-OH is 1. The molecule has 0 saturated carbocycles. The van der Waals surface area contributed by atoms with Crippen molar-refractivity contribution >= 4 is 21.6 Å². The normalized spacial score (nSPS) is 12.1. The van der Waals surface area contributed by atoms with Crippen molar-refractivity contribution in [2.75, 3.05) is 0 Å². The van der Waals surface area contributed by atoms with Crippen molar-refractivity contribution in [3.05, 3.63) is 34.2 Å². The number of imidazole rings is 1. The van der Waals surface area contributed by atoms with Gasteiger partial charge in [-0.05, 0) is 35.8 Å². The van der Waals surface area contributed by atoms with Crippen LogP contribution in [0.2, 0.25) is 0 Å². The molecule has 2 rings (SSSR count). The zero-order valence-corrected chi connectivity index (χ0v) is 11.6. The minimum atomic E-state index is -0.503. The van der Waals surface area contributed by atoms with Crippen LogP contribution in [0.1, 0.15) is 38.1 Å². The number of fused-ring (bicyclic) bond motifs is 1. The van der Waals surface area contributed by atoms with Crippen LogP contribution in [0.15, 0.2) is 22.9 Å². The van der Waals surface area contributed by atoms with Crippen molar-refractivity contribution in [3.63, 3.8) is 0 Å². The highest BCUT2D eigenvalue weighted by molar-refractivity contribution is 9.10. The number of hydrogen-bond acceptors (Lipinski definition) is 2. The van der Waals surface area contributed by atoms with E-state index in [1.54, 1.807) is 6.92 Å². The van der Waals surface area contributed by atoms with Crippen LogP contribution in [0.4, 0.5) is 0 Å². The molecule has 0 aliphatic carbocycles. The van der Waals surface area contributed by atoms with Gasteiger partial charge in [-0.1, -0.05) is 13.8 Å². The lowest BCUT2D eigenvalue weighted by molar-refractivity contribution is 0.200. The topological polar surface area (TPSA) is 37.5 Å². The largest absolute Gasteiger partial charge is 0.389 e. The van der Waals surface area contributed by atoms with E-state index in [4.69, 9.17) is 0 Å². The van der Waals surface area contributed by atoms with Crippen LogP contribution in [0.25, 0.3) is 5.65 Å². The predicted molar refractivity (Wildman–Crippen MR) is 69.6 cm³/mol. The van der Waals surface area contributed by atoms with Crippen LogP contribution in [0.5, 0.6) is 0 Å². The summed E-state index contributed by atoms with van der Waals surface area (Å²) in [6, 6.07) is 1.90. The van der Waals surface area contributed by atoms with Crippen molar-refractivity contribution in [2.24, 2.45) is 0 Å². The van der Waals surface area contributed by atoms with Gasteiger partial charge in [0.25, 0.3) is 0 Å². The Kier molecular flexibility index (Phi) is 4.50. The van der Waals surface area contributed by atoms with E-state index in [1.165, 1.54) is 0 Å². The Balaban J connectivity index is 0.000000606. The maximum absolute atomic E-state index is 9.58. The first-order valence-electron chi connectivity index (χ1n) is 5.41. The summed E-state index contributed by atoms with van der Waals surface area (Å²) in [5.41, 5.74) is 2.61. The van der Waals surface area contributed by atoms with Gasteiger partial charge in [-0.15, -0.1) is 0 Å². The Bertz CT molecular complexity index is 477. The second-order valence-corrected chi connectivity index (χ2v) is 4.32. The molecule has 4 heteroatoms. The number of aliphatic hydroxyl groups is 1. The average molecular weight is 285 g/mol. The van der Waals surface area contributed by atoms with Gasteiger partial charge in [0.2, 0.25) is 0 Å². The number of aromatic nitrogens is 2. The van der Waals surface area contributed by atoms with Crippen molar-refractivity contribution in [2.45, 2.75) is 33.8 Å². The lowest BCUT2D eigenvalue weighted by Gasteiger charge is -2.06. The van der Waals surface area contributed by atoms with Gasteiger partial charge in [0.1, 0.15) is 5.65 Å². The molecule has 88 valence electrons. The molecule has 0 amide bonds. The zero-order valence-electron chi connectivity index (χ0n) is 10.0. The highest BCUT2D eigenvalue weighted by Gasteiger charge is 2.10. The standard InChI is InChI=1S/C10H11BrN2O.C2H6/c1-6-4-13-5-8(11)3-9(7(2)14)10(13)12-6;1-2/h3-5,7,14H,1-2H3;1-2H3. The molecule has 1 N–H and O–H groups in total. The molecule has 0 aromatic carbocycles. The van der Waals surface area contributed by atoms with Crippen molar-refractivity contribution in [1.29, 1.82) is 0 Å². The Morgan fingerprint density at radius 1 is 1.38 bits per heavy atom. The SMILES string of the molecule is CC.Cc1cn2cc(Br)cc(C(C)O)c2n1. The summed E-state index contributed by atoms with van der Waals surface area (Å²) < 4.78 is 2.86.